The van der Waals surface area contributed by atoms with Crippen molar-refractivity contribution in [2.75, 3.05) is 17.2 Å². The van der Waals surface area contributed by atoms with Gasteiger partial charge in [0.05, 0.1) is 20.9 Å². The predicted molar refractivity (Wildman–Crippen MR) is 179 cm³/mol. The van der Waals surface area contributed by atoms with Crippen LogP contribution < -0.4 is 20.8 Å². The molecule has 216 valence electrons. The molecule has 3 N–H and O–H groups in total. The molecule has 0 atom stereocenters. The summed E-state index contributed by atoms with van der Waals surface area (Å²) in [6, 6.07) is 28.1. The lowest BCUT2D eigenvalue weighted by molar-refractivity contribution is -0.118. The van der Waals surface area contributed by atoms with Crippen molar-refractivity contribution in [2.24, 2.45) is 5.10 Å². The number of hydrogen-bond acceptors (Lipinski definition) is 7. The summed E-state index contributed by atoms with van der Waals surface area (Å²) in [6.07, 6.45) is 1.52. The molecule has 0 fully saturated rings. The topological polar surface area (TPSA) is 105 Å². The van der Waals surface area contributed by atoms with E-state index in [9.17, 15) is 9.59 Å². The summed E-state index contributed by atoms with van der Waals surface area (Å²) in [4.78, 5) is 29.6. The molecule has 0 aliphatic rings. The molecule has 0 aliphatic carbocycles. The van der Waals surface area contributed by atoms with Gasteiger partial charge in [0, 0.05) is 27.9 Å². The number of nitrogens with one attached hydrogen (secondary N) is 3. The molecule has 5 rings (SSSR count). The van der Waals surface area contributed by atoms with Gasteiger partial charge < -0.3 is 15.4 Å². The smallest absolute Gasteiger partial charge is 0.271 e. The molecule has 0 bridgehead atoms. The number of carbonyl (C=O) groups is 2. The number of anilines is 3. The number of hydrazone groups is 1. The highest BCUT2D eigenvalue weighted by molar-refractivity contribution is 9.11. The number of para-hydroxylation sites is 1. The monoisotopic (exact) mass is 717 g/mol. The van der Waals surface area contributed by atoms with E-state index in [1.165, 1.54) is 17.6 Å². The predicted octanol–water partition coefficient (Wildman–Crippen LogP) is 8.17. The van der Waals surface area contributed by atoms with Crippen LogP contribution in [0.1, 0.15) is 21.5 Å². The number of halogens is 2. The van der Waals surface area contributed by atoms with Crippen LogP contribution in [0, 0.1) is 6.92 Å². The second-order valence-corrected chi connectivity index (χ2v) is 11.9. The Hall–Kier alpha value is -4.32. The summed E-state index contributed by atoms with van der Waals surface area (Å²) in [6.45, 7) is 1.79. The van der Waals surface area contributed by atoms with Gasteiger partial charge in [-0.3, -0.25) is 9.59 Å². The highest BCUT2D eigenvalue weighted by Gasteiger charge is 2.12. The Bertz CT molecular complexity index is 1750. The summed E-state index contributed by atoms with van der Waals surface area (Å²) in [5.41, 5.74) is 8.18. The third kappa shape index (κ3) is 8.38. The Balaban J connectivity index is 1.14. The second-order valence-electron chi connectivity index (χ2n) is 9.33. The first-order valence-corrected chi connectivity index (χ1v) is 15.5. The fourth-order valence-electron chi connectivity index (χ4n) is 3.98. The van der Waals surface area contributed by atoms with Crippen molar-refractivity contribution in [1.29, 1.82) is 0 Å². The summed E-state index contributed by atoms with van der Waals surface area (Å²) < 4.78 is 6.98. The zero-order chi connectivity index (χ0) is 30.2. The lowest BCUT2D eigenvalue weighted by Crippen LogP contribution is -2.20. The lowest BCUT2D eigenvalue weighted by atomic mass is 10.1. The van der Waals surface area contributed by atoms with E-state index in [2.05, 4.69) is 58.0 Å². The maximum absolute atomic E-state index is 12.7. The first-order chi connectivity index (χ1) is 20.8. The van der Waals surface area contributed by atoms with E-state index >= 15 is 0 Å². The molecule has 5 aromatic rings. The van der Waals surface area contributed by atoms with Crippen LogP contribution in [0.25, 0.3) is 11.3 Å². The molecular formula is C32H25Br2N5O3S. The van der Waals surface area contributed by atoms with Crippen LogP contribution in [0.15, 0.2) is 110 Å². The fraction of sp³-hybridized carbons (Fsp3) is 0.0625. The summed E-state index contributed by atoms with van der Waals surface area (Å²) in [5.74, 6) is -0.142. The highest BCUT2D eigenvalue weighted by atomic mass is 79.9. The number of amides is 2. The zero-order valence-corrected chi connectivity index (χ0v) is 26.8. The second kappa shape index (κ2) is 14.2. The number of thiazole rings is 1. The van der Waals surface area contributed by atoms with E-state index in [4.69, 9.17) is 4.74 Å². The maximum atomic E-state index is 12.7. The summed E-state index contributed by atoms with van der Waals surface area (Å²) >= 11 is 8.48. The van der Waals surface area contributed by atoms with Crippen molar-refractivity contribution in [2.45, 2.75) is 6.92 Å². The van der Waals surface area contributed by atoms with E-state index < -0.39 is 0 Å². The van der Waals surface area contributed by atoms with Gasteiger partial charge in [-0.15, -0.1) is 11.3 Å². The number of aryl methyl sites for hydroxylation is 1. The maximum Gasteiger partial charge on any atom is 0.271 e. The number of rotatable bonds is 10. The van der Waals surface area contributed by atoms with Crippen LogP contribution in [-0.2, 0) is 4.79 Å². The summed E-state index contributed by atoms with van der Waals surface area (Å²) in [7, 11) is 0. The van der Waals surface area contributed by atoms with E-state index in [0.29, 0.717) is 31.5 Å². The first-order valence-electron chi connectivity index (χ1n) is 13.0. The minimum absolute atomic E-state index is 0.165. The molecule has 1 aromatic heterocycles. The van der Waals surface area contributed by atoms with Gasteiger partial charge >= 0.3 is 0 Å². The number of hydrogen-bond donors (Lipinski definition) is 3. The van der Waals surface area contributed by atoms with E-state index in [0.717, 1.165) is 27.6 Å². The molecule has 0 saturated carbocycles. The minimum Gasteiger partial charge on any atom is -0.481 e. The molecule has 2 amide bonds. The van der Waals surface area contributed by atoms with Crippen molar-refractivity contribution >= 4 is 77.7 Å². The van der Waals surface area contributed by atoms with Gasteiger partial charge in [0.2, 0.25) is 0 Å². The van der Waals surface area contributed by atoms with Gasteiger partial charge in [-0.25, -0.2) is 10.4 Å². The van der Waals surface area contributed by atoms with Crippen LogP contribution >= 0.6 is 43.2 Å². The average molecular weight is 719 g/mol. The minimum atomic E-state index is -0.342. The van der Waals surface area contributed by atoms with E-state index in [1.807, 2.05) is 79.0 Å². The number of benzene rings is 4. The Morgan fingerprint density at radius 1 is 0.930 bits per heavy atom. The van der Waals surface area contributed by atoms with E-state index in [1.54, 1.807) is 24.3 Å². The molecule has 8 nitrogen and oxygen atoms in total. The average Bonchev–Trinajstić information content (AvgIpc) is 3.46. The number of aromatic nitrogens is 1. The van der Waals surface area contributed by atoms with Gasteiger partial charge in [0.15, 0.2) is 11.7 Å². The van der Waals surface area contributed by atoms with Crippen molar-refractivity contribution in [1.82, 2.24) is 10.4 Å². The lowest BCUT2D eigenvalue weighted by Gasteiger charge is -2.12. The molecule has 0 radical (unpaired) electrons. The molecule has 43 heavy (non-hydrogen) atoms. The van der Waals surface area contributed by atoms with Crippen LogP contribution in [0.2, 0.25) is 0 Å². The van der Waals surface area contributed by atoms with Crippen molar-refractivity contribution < 1.29 is 14.3 Å². The number of carbonyl (C=O) groups excluding carboxylic acids is 2. The molecule has 0 unspecified atom stereocenters. The Morgan fingerprint density at radius 2 is 1.65 bits per heavy atom. The third-order valence-corrected chi connectivity index (χ3v) is 7.96. The molecule has 0 saturated heterocycles. The standard InChI is InChI=1S/C32H25Br2N5O3S/c1-20-6-5-9-25(14-20)36-29(40)18-42-30-26(33)15-21(16-27(30)34)17-35-39-31(41)23-12-10-22(11-13-23)28-19-43-32(38-28)37-24-7-3-2-4-8-24/h2-17,19H,18H2,1H3,(H,36,40)(H,37,38)(H,39,41)/b35-17+. The Labute approximate surface area is 269 Å². The fourth-order valence-corrected chi connectivity index (χ4v) is 6.17. The van der Waals surface area contributed by atoms with Crippen molar-refractivity contribution in [3.05, 3.63) is 122 Å². The number of nitrogens with zero attached hydrogens (tertiary/aromatic N) is 2. The van der Waals surface area contributed by atoms with Gasteiger partial charge in [-0.2, -0.15) is 5.10 Å². The Morgan fingerprint density at radius 3 is 2.37 bits per heavy atom. The first kappa shape index (κ1) is 30.1. The van der Waals surface area contributed by atoms with Crippen molar-refractivity contribution in [3.63, 3.8) is 0 Å². The quantitative estimate of drug-likeness (QED) is 0.0999. The molecule has 4 aromatic carbocycles. The van der Waals surface area contributed by atoms with Crippen LogP contribution in [0.4, 0.5) is 16.5 Å². The van der Waals surface area contributed by atoms with Crippen LogP contribution in [-0.4, -0.2) is 29.6 Å². The SMILES string of the molecule is Cc1cccc(NC(=O)COc2c(Br)cc(/C=N/NC(=O)c3ccc(-c4csc(Nc5ccccc5)n4)cc3)cc2Br)c1. The van der Waals surface area contributed by atoms with Gasteiger partial charge in [-0.05, 0) is 98.4 Å². The van der Waals surface area contributed by atoms with Gasteiger partial charge in [0.1, 0.15) is 5.75 Å². The van der Waals surface area contributed by atoms with Crippen LogP contribution in [0.5, 0.6) is 5.75 Å². The Kier molecular flexibility index (Phi) is 9.98. The number of ether oxygens (including phenoxy) is 1. The van der Waals surface area contributed by atoms with Crippen molar-refractivity contribution in [3.8, 4) is 17.0 Å². The largest absolute Gasteiger partial charge is 0.481 e. The van der Waals surface area contributed by atoms with E-state index in [-0.39, 0.29) is 18.4 Å². The molecule has 0 spiro atoms. The normalized spacial score (nSPS) is 10.9. The van der Waals surface area contributed by atoms with Gasteiger partial charge in [-0.1, -0.05) is 42.5 Å². The zero-order valence-electron chi connectivity index (χ0n) is 22.8. The molecule has 0 aliphatic heterocycles. The third-order valence-electron chi connectivity index (χ3n) is 6.02. The van der Waals surface area contributed by atoms with Crippen LogP contribution in [0.3, 0.4) is 0 Å². The molecular weight excluding hydrogens is 694 g/mol. The molecule has 1 heterocycles. The van der Waals surface area contributed by atoms with Gasteiger partial charge in [0.25, 0.3) is 11.8 Å². The summed E-state index contributed by atoms with van der Waals surface area (Å²) in [5, 5.41) is 13.0. The molecule has 11 heteroatoms. The highest BCUT2D eigenvalue weighted by Crippen LogP contribution is 2.34.